The topological polar surface area (TPSA) is 79.1 Å². The largest absolute Gasteiger partial charge is 0.476 e. The third-order valence-corrected chi connectivity index (χ3v) is 0.970. The highest BCUT2D eigenvalue weighted by Crippen LogP contribution is 1.89. The van der Waals surface area contributed by atoms with Gasteiger partial charge in [-0.25, -0.2) is 9.79 Å². The Bertz CT molecular complexity index is 241. The van der Waals surface area contributed by atoms with Crippen LogP contribution in [0.15, 0.2) is 9.98 Å². The van der Waals surface area contributed by atoms with Crippen LogP contribution in [-0.2, 0) is 9.59 Å². The molecule has 0 aromatic heterocycles. The number of carboxylic acids is 1. The standard InChI is InChI=1S/C5H4N2O3/c8-3-1-6-2-7-4(3)5(9)10/h2H,1H2,(H,9,10). The summed E-state index contributed by atoms with van der Waals surface area (Å²) >= 11 is 0. The molecule has 0 amide bonds. The van der Waals surface area contributed by atoms with Crippen molar-refractivity contribution in [1.82, 2.24) is 0 Å². The number of carbonyl (C=O) groups is 2. The zero-order valence-electron chi connectivity index (χ0n) is 4.94. The molecule has 0 saturated heterocycles. The molecule has 0 aromatic carbocycles. The summed E-state index contributed by atoms with van der Waals surface area (Å²) in [5.41, 5.74) is -0.435. The second kappa shape index (κ2) is 2.38. The van der Waals surface area contributed by atoms with Gasteiger partial charge >= 0.3 is 5.97 Å². The third-order valence-electron chi connectivity index (χ3n) is 0.970. The van der Waals surface area contributed by atoms with E-state index in [0.717, 1.165) is 6.34 Å². The molecule has 5 heteroatoms. The predicted molar refractivity (Wildman–Crippen MR) is 33.4 cm³/mol. The molecule has 0 radical (unpaired) electrons. The molecule has 1 aliphatic rings. The predicted octanol–water partition coefficient (Wildman–Crippen LogP) is -0.877. The quantitative estimate of drug-likeness (QED) is 0.513. The molecule has 0 atom stereocenters. The Morgan fingerprint density at radius 2 is 2.40 bits per heavy atom. The number of hydrogen-bond donors (Lipinski definition) is 1. The van der Waals surface area contributed by atoms with Gasteiger partial charge in [0, 0.05) is 0 Å². The Balaban J connectivity index is 2.91. The summed E-state index contributed by atoms with van der Waals surface area (Å²) in [4.78, 5) is 27.5. The summed E-state index contributed by atoms with van der Waals surface area (Å²) in [6.45, 7) is -0.106. The Labute approximate surface area is 56.1 Å². The van der Waals surface area contributed by atoms with E-state index in [1.165, 1.54) is 0 Å². The van der Waals surface area contributed by atoms with Crippen molar-refractivity contribution in [3.8, 4) is 0 Å². The lowest BCUT2D eigenvalue weighted by Crippen LogP contribution is -2.28. The summed E-state index contributed by atoms with van der Waals surface area (Å²) in [7, 11) is 0. The maximum absolute atomic E-state index is 10.6. The van der Waals surface area contributed by atoms with Crippen LogP contribution in [0.2, 0.25) is 0 Å². The van der Waals surface area contributed by atoms with E-state index in [0.29, 0.717) is 0 Å². The van der Waals surface area contributed by atoms with Crippen molar-refractivity contribution in [3.63, 3.8) is 0 Å². The monoisotopic (exact) mass is 140 g/mol. The first-order valence-corrected chi connectivity index (χ1v) is 2.54. The molecule has 0 saturated carbocycles. The molecule has 0 bridgehead atoms. The van der Waals surface area contributed by atoms with Gasteiger partial charge in [-0.15, -0.1) is 0 Å². The van der Waals surface area contributed by atoms with E-state index in [9.17, 15) is 9.59 Å². The molecule has 0 aliphatic carbocycles. The van der Waals surface area contributed by atoms with E-state index in [2.05, 4.69) is 9.98 Å². The minimum atomic E-state index is -1.30. The van der Waals surface area contributed by atoms with Gasteiger partial charge in [0.2, 0.25) is 5.78 Å². The molecule has 52 valence electrons. The molecule has 0 spiro atoms. The summed E-state index contributed by atoms with van der Waals surface area (Å²) in [5, 5.41) is 8.30. The number of carbonyl (C=O) groups excluding carboxylic acids is 1. The van der Waals surface area contributed by atoms with Gasteiger partial charge in [-0.05, 0) is 0 Å². The van der Waals surface area contributed by atoms with Crippen LogP contribution in [-0.4, -0.2) is 35.5 Å². The van der Waals surface area contributed by atoms with E-state index < -0.39 is 17.5 Å². The lowest BCUT2D eigenvalue weighted by atomic mass is 10.2. The number of hydrogen-bond acceptors (Lipinski definition) is 4. The van der Waals surface area contributed by atoms with Gasteiger partial charge in [0.05, 0.1) is 0 Å². The van der Waals surface area contributed by atoms with Crippen molar-refractivity contribution in [2.45, 2.75) is 0 Å². The van der Waals surface area contributed by atoms with Crippen molar-refractivity contribution in [2.24, 2.45) is 9.98 Å². The minimum Gasteiger partial charge on any atom is -0.476 e. The van der Waals surface area contributed by atoms with E-state index in [1.807, 2.05) is 0 Å². The lowest BCUT2D eigenvalue weighted by Gasteiger charge is -1.98. The normalized spacial score (nSPS) is 16.8. The highest BCUT2D eigenvalue weighted by Gasteiger charge is 2.19. The van der Waals surface area contributed by atoms with Crippen molar-refractivity contribution in [1.29, 1.82) is 0 Å². The molecular formula is C5H4N2O3. The molecule has 1 heterocycles. The SMILES string of the molecule is O=C(O)C1=NC=NCC1=O. The number of ketones is 1. The first-order chi connectivity index (χ1) is 4.72. The number of aliphatic carboxylic acids is 1. The van der Waals surface area contributed by atoms with Crippen LogP contribution in [0.4, 0.5) is 0 Å². The fourth-order valence-corrected chi connectivity index (χ4v) is 0.544. The molecule has 1 N–H and O–H groups in total. The number of rotatable bonds is 1. The fourth-order valence-electron chi connectivity index (χ4n) is 0.544. The molecule has 10 heavy (non-hydrogen) atoms. The van der Waals surface area contributed by atoms with E-state index in [4.69, 9.17) is 5.11 Å². The zero-order chi connectivity index (χ0) is 7.56. The van der Waals surface area contributed by atoms with Crippen LogP contribution in [0.5, 0.6) is 0 Å². The van der Waals surface area contributed by atoms with E-state index >= 15 is 0 Å². The third kappa shape index (κ3) is 1.07. The molecule has 0 fully saturated rings. The second-order valence-corrected chi connectivity index (χ2v) is 1.66. The van der Waals surface area contributed by atoms with Crippen LogP contribution in [0.25, 0.3) is 0 Å². The van der Waals surface area contributed by atoms with Crippen molar-refractivity contribution < 1.29 is 14.7 Å². The summed E-state index contributed by atoms with van der Waals surface area (Å²) < 4.78 is 0. The van der Waals surface area contributed by atoms with Crippen molar-refractivity contribution in [3.05, 3.63) is 0 Å². The van der Waals surface area contributed by atoms with Gasteiger partial charge in [-0.2, -0.15) is 0 Å². The number of aliphatic imine (C=N–C) groups is 2. The highest BCUT2D eigenvalue weighted by molar-refractivity contribution is 6.65. The van der Waals surface area contributed by atoms with Crippen LogP contribution in [0, 0.1) is 0 Å². The van der Waals surface area contributed by atoms with Crippen molar-refractivity contribution >= 4 is 23.8 Å². The Kier molecular flexibility index (Phi) is 1.57. The average molecular weight is 140 g/mol. The summed E-state index contributed by atoms with van der Waals surface area (Å²) in [6.07, 6.45) is 1.07. The van der Waals surface area contributed by atoms with E-state index in [1.54, 1.807) is 0 Å². The van der Waals surface area contributed by atoms with Crippen LogP contribution >= 0.6 is 0 Å². The molecule has 5 nitrogen and oxygen atoms in total. The van der Waals surface area contributed by atoms with E-state index in [-0.39, 0.29) is 6.54 Å². The van der Waals surface area contributed by atoms with Gasteiger partial charge in [0.15, 0.2) is 5.71 Å². The van der Waals surface area contributed by atoms with Gasteiger partial charge in [-0.1, -0.05) is 0 Å². The second-order valence-electron chi connectivity index (χ2n) is 1.66. The van der Waals surface area contributed by atoms with Gasteiger partial charge in [0.25, 0.3) is 0 Å². The smallest absolute Gasteiger partial charge is 0.358 e. The fraction of sp³-hybridized carbons (Fsp3) is 0.200. The maximum Gasteiger partial charge on any atom is 0.358 e. The minimum absolute atomic E-state index is 0.106. The molecule has 1 rings (SSSR count). The Hall–Kier alpha value is -1.52. The first kappa shape index (κ1) is 6.60. The average Bonchev–Trinajstić information content (AvgIpc) is 1.88. The molecular weight excluding hydrogens is 136 g/mol. The summed E-state index contributed by atoms with van der Waals surface area (Å²) in [6, 6.07) is 0. The zero-order valence-corrected chi connectivity index (χ0v) is 4.94. The molecule has 0 aromatic rings. The van der Waals surface area contributed by atoms with Gasteiger partial charge in [0.1, 0.15) is 12.9 Å². The molecule has 1 aliphatic heterocycles. The van der Waals surface area contributed by atoms with Crippen LogP contribution in [0.3, 0.4) is 0 Å². The van der Waals surface area contributed by atoms with Gasteiger partial charge in [-0.3, -0.25) is 9.79 Å². The highest BCUT2D eigenvalue weighted by atomic mass is 16.4. The Morgan fingerprint density at radius 1 is 1.70 bits per heavy atom. The lowest BCUT2D eigenvalue weighted by molar-refractivity contribution is -0.130. The van der Waals surface area contributed by atoms with Crippen molar-refractivity contribution in [2.75, 3.05) is 6.54 Å². The number of Topliss-reactive ketones (excluding diaryl/α,β-unsaturated/α-hetero) is 1. The molecule has 0 unspecified atom stereocenters. The Morgan fingerprint density at radius 3 is 2.80 bits per heavy atom. The number of carboxylic acid groups (broad SMARTS) is 1. The first-order valence-electron chi connectivity index (χ1n) is 2.54. The van der Waals surface area contributed by atoms with Gasteiger partial charge < -0.3 is 5.11 Å². The maximum atomic E-state index is 10.6. The van der Waals surface area contributed by atoms with Crippen LogP contribution < -0.4 is 0 Å². The number of nitrogens with zero attached hydrogens (tertiary/aromatic N) is 2. The summed E-state index contributed by atoms with van der Waals surface area (Å²) in [5.74, 6) is -1.84. The van der Waals surface area contributed by atoms with Crippen LogP contribution in [0.1, 0.15) is 0 Å².